The predicted molar refractivity (Wildman–Crippen MR) is 145 cm³/mol. The van der Waals surface area contributed by atoms with Crippen LogP contribution < -0.4 is 20.1 Å². The number of carbonyl (C=O) groups excluding carboxylic acids is 2. The van der Waals surface area contributed by atoms with Gasteiger partial charge in [0.2, 0.25) is 0 Å². The fourth-order valence-corrected chi connectivity index (χ4v) is 4.02. The van der Waals surface area contributed by atoms with E-state index in [0.717, 1.165) is 0 Å². The zero-order valence-electron chi connectivity index (χ0n) is 19.8. The molecule has 0 heterocycles. The number of benzene rings is 3. The Morgan fingerprint density at radius 3 is 1.36 bits per heavy atom. The Morgan fingerprint density at radius 1 is 0.639 bits per heavy atom. The van der Waals surface area contributed by atoms with Gasteiger partial charge in [0.05, 0.1) is 22.2 Å². The zero-order chi connectivity index (χ0) is 25.9. The lowest BCUT2D eigenvalue weighted by atomic mass is 10.2. The third-order valence-corrected chi connectivity index (χ3v) is 6.12. The molecule has 0 bridgehead atoms. The summed E-state index contributed by atoms with van der Waals surface area (Å²) < 4.78 is 22.5. The summed E-state index contributed by atoms with van der Waals surface area (Å²) in [7, 11) is 3.21. The van der Waals surface area contributed by atoms with Crippen LogP contribution in [0.3, 0.4) is 0 Å². The number of hydrogen-bond acceptors (Lipinski definition) is 6. The van der Waals surface area contributed by atoms with E-state index >= 15 is 0 Å². The van der Waals surface area contributed by atoms with Crippen molar-refractivity contribution in [1.82, 2.24) is 0 Å². The van der Waals surface area contributed by atoms with Gasteiger partial charge in [-0.15, -0.1) is 0 Å². The molecule has 0 aliphatic heterocycles. The van der Waals surface area contributed by atoms with Gasteiger partial charge in [0.15, 0.2) is 0 Å². The van der Waals surface area contributed by atoms with Crippen LogP contribution in [0.4, 0.5) is 11.4 Å². The standard InChI is InChI=1S/C26H26Br2N2O6/c1-33-11-13-35-23-9-3-17(15-21(23)27)25(31)29-19-5-7-20(8-6-19)30-26(32)18-4-10-24(22(28)16-18)36-14-12-34-2/h3-10,15-16H,11-14H2,1-2H3,(H,29,31)(H,30,32). The topological polar surface area (TPSA) is 95.1 Å². The molecule has 0 unspecified atom stereocenters. The second kappa shape index (κ2) is 14.0. The number of amides is 2. The van der Waals surface area contributed by atoms with Crippen LogP contribution in [-0.4, -0.2) is 52.5 Å². The Hall–Kier alpha value is -2.92. The minimum absolute atomic E-state index is 0.270. The number of halogens is 2. The number of nitrogens with one attached hydrogen (secondary N) is 2. The molecule has 2 N–H and O–H groups in total. The maximum absolute atomic E-state index is 12.6. The molecule has 2 amide bonds. The molecular weight excluding hydrogens is 596 g/mol. The fraction of sp³-hybridized carbons (Fsp3) is 0.231. The molecular formula is C26H26Br2N2O6. The zero-order valence-corrected chi connectivity index (χ0v) is 23.0. The van der Waals surface area contributed by atoms with Crippen LogP contribution in [0.25, 0.3) is 0 Å². The van der Waals surface area contributed by atoms with E-state index in [0.29, 0.717) is 69.4 Å². The SMILES string of the molecule is COCCOc1ccc(C(=O)Nc2ccc(NC(=O)c3ccc(OCCOC)c(Br)c3)cc2)cc1Br. The van der Waals surface area contributed by atoms with Crippen LogP contribution in [0.5, 0.6) is 11.5 Å². The number of rotatable bonds is 12. The summed E-state index contributed by atoms with van der Waals surface area (Å²) in [5, 5.41) is 5.68. The molecule has 0 aliphatic rings. The van der Waals surface area contributed by atoms with Gasteiger partial charge in [-0.3, -0.25) is 9.59 Å². The van der Waals surface area contributed by atoms with E-state index in [4.69, 9.17) is 18.9 Å². The summed E-state index contributed by atoms with van der Waals surface area (Å²) in [5.41, 5.74) is 2.13. The number of hydrogen-bond donors (Lipinski definition) is 2. The summed E-state index contributed by atoms with van der Waals surface area (Å²) in [6, 6.07) is 17.1. The molecule has 0 aromatic heterocycles. The van der Waals surface area contributed by atoms with Gasteiger partial charge in [0.25, 0.3) is 11.8 Å². The van der Waals surface area contributed by atoms with E-state index in [1.54, 1.807) is 74.9 Å². The highest BCUT2D eigenvalue weighted by Crippen LogP contribution is 2.28. The molecule has 3 aromatic rings. The quantitative estimate of drug-likeness (QED) is 0.250. The van der Waals surface area contributed by atoms with Crippen molar-refractivity contribution in [3.05, 3.63) is 80.7 Å². The molecule has 0 saturated carbocycles. The molecule has 0 aliphatic carbocycles. The maximum Gasteiger partial charge on any atom is 0.255 e. The monoisotopic (exact) mass is 620 g/mol. The van der Waals surface area contributed by atoms with Gasteiger partial charge in [0.1, 0.15) is 24.7 Å². The average molecular weight is 622 g/mol. The molecule has 190 valence electrons. The number of carbonyl (C=O) groups is 2. The van der Waals surface area contributed by atoms with E-state index in [2.05, 4.69) is 42.5 Å². The molecule has 0 radical (unpaired) electrons. The lowest BCUT2D eigenvalue weighted by Crippen LogP contribution is -2.13. The van der Waals surface area contributed by atoms with Crippen molar-refractivity contribution in [1.29, 1.82) is 0 Å². The van der Waals surface area contributed by atoms with Crippen molar-refractivity contribution >= 4 is 55.0 Å². The Morgan fingerprint density at radius 2 is 1.03 bits per heavy atom. The van der Waals surface area contributed by atoms with Crippen molar-refractivity contribution in [2.75, 3.05) is 51.3 Å². The normalized spacial score (nSPS) is 10.6. The molecule has 10 heteroatoms. The number of anilines is 2. The van der Waals surface area contributed by atoms with E-state index in [1.807, 2.05) is 0 Å². The largest absolute Gasteiger partial charge is 0.490 e. The first-order chi connectivity index (χ1) is 17.4. The van der Waals surface area contributed by atoms with Gasteiger partial charge < -0.3 is 29.6 Å². The van der Waals surface area contributed by atoms with Crippen molar-refractivity contribution in [2.24, 2.45) is 0 Å². The molecule has 3 rings (SSSR count). The first kappa shape index (κ1) is 27.7. The molecule has 0 saturated heterocycles. The van der Waals surface area contributed by atoms with Gasteiger partial charge in [-0.05, 0) is 92.5 Å². The van der Waals surface area contributed by atoms with Crippen LogP contribution in [-0.2, 0) is 9.47 Å². The molecule has 0 atom stereocenters. The Balaban J connectivity index is 1.56. The number of methoxy groups -OCH3 is 2. The Kier molecular flexibility index (Phi) is 10.7. The lowest BCUT2D eigenvalue weighted by Gasteiger charge is -2.11. The molecule has 36 heavy (non-hydrogen) atoms. The van der Waals surface area contributed by atoms with E-state index in [1.165, 1.54) is 0 Å². The van der Waals surface area contributed by atoms with Crippen LogP contribution >= 0.6 is 31.9 Å². The first-order valence-corrected chi connectivity index (χ1v) is 12.5. The smallest absolute Gasteiger partial charge is 0.255 e. The highest BCUT2D eigenvalue weighted by molar-refractivity contribution is 9.10. The minimum atomic E-state index is -0.270. The molecule has 0 spiro atoms. The summed E-state index contributed by atoms with van der Waals surface area (Å²) in [6.07, 6.45) is 0. The minimum Gasteiger partial charge on any atom is -0.490 e. The summed E-state index contributed by atoms with van der Waals surface area (Å²) in [5.74, 6) is 0.718. The van der Waals surface area contributed by atoms with Crippen LogP contribution in [0, 0.1) is 0 Å². The van der Waals surface area contributed by atoms with Crippen molar-refractivity contribution in [3.8, 4) is 11.5 Å². The third kappa shape index (κ3) is 8.06. The van der Waals surface area contributed by atoms with Gasteiger partial charge in [-0.1, -0.05) is 0 Å². The third-order valence-electron chi connectivity index (χ3n) is 4.88. The second-order valence-electron chi connectivity index (χ2n) is 7.46. The maximum atomic E-state index is 12.6. The van der Waals surface area contributed by atoms with Crippen LogP contribution in [0.15, 0.2) is 69.6 Å². The van der Waals surface area contributed by atoms with Crippen molar-refractivity contribution in [2.45, 2.75) is 0 Å². The van der Waals surface area contributed by atoms with Gasteiger partial charge in [0, 0.05) is 36.7 Å². The highest BCUT2D eigenvalue weighted by atomic mass is 79.9. The lowest BCUT2D eigenvalue weighted by molar-refractivity contribution is 0.101. The van der Waals surface area contributed by atoms with Gasteiger partial charge >= 0.3 is 0 Å². The van der Waals surface area contributed by atoms with Crippen LogP contribution in [0.1, 0.15) is 20.7 Å². The highest BCUT2D eigenvalue weighted by Gasteiger charge is 2.12. The van der Waals surface area contributed by atoms with Gasteiger partial charge in [-0.2, -0.15) is 0 Å². The van der Waals surface area contributed by atoms with Gasteiger partial charge in [-0.25, -0.2) is 0 Å². The Labute approximate surface area is 226 Å². The summed E-state index contributed by atoms with van der Waals surface area (Å²) >= 11 is 6.85. The number of ether oxygens (including phenoxy) is 4. The summed E-state index contributed by atoms with van der Waals surface area (Å²) in [6.45, 7) is 1.77. The Bertz CT molecular complexity index is 1100. The molecule has 0 fully saturated rings. The average Bonchev–Trinajstić information content (AvgIpc) is 2.87. The van der Waals surface area contributed by atoms with E-state index in [9.17, 15) is 9.59 Å². The molecule has 8 nitrogen and oxygen atoms in total. The van der Waals surface area contributed by atoms with Crippen molar-refractivity contribution < 1.29 is 28.5 Å². The van der Waals surface area contributed by atoms with Crippen LogP contribution in [0.2, 0.25) is 0 Å². The predicted octanol–water partition coefficient (Wildman–Crippen LogP) is 5.77. The van der Waals surface area contributed by atoms with E-state index in [-0.39, 0.29) is 11.8 Å². The summed E-state index contributed by atoms with van der Waals surface area (Å²) in [4.78, 5) is 25.3. The first-order valence-electron chi connectivity index (χ1n) is 11.0. The fourth-order valence-electron chi connectivity index (χ4n) is 3.03. The van der Waals surface area contributed by atoms with Crippen molar-refractivity contribution in [3.63, 3.8) is 0 Å². The van der Waals surface area contributed by atoms with E-state index < -0.39 is 0 Å². The second-order valence-corrected chi connectivity index (χ2v) is 9.17. The molecule has 3 aromatic carbocycles.